The number of hydrogen-bond acceptors (Lipinski definition) is 0. The SMILES string of the molecule is CC.CC.CC.CCCC.CCCc1ccccc1. The molecule has 1 rings (SSSR count). The third-order valence-electron chi connectivity index (χ3n) is 1.88. The molecule has 0 aliphatic carbocycles. The molecule has 19 heavy (non-hydrogen) atoms. The highest BCUT2D eigenvalue weighted by Gasteiger charge is 1.84. The lowest BCUT2D eigenvalue weighted by atomic mass is 10.1. The Balaban J connectivity index is -0.0000000957. The van der Waals surface area contributed by atoms with Gasteiger partial charge in [-0.2, -0.15) is 0 Å². The summed E-state index contributed by atoms with van der Waals surface area (Å²) in [5.74, 6) is 0. The summed E-state index contributed by atoms with van der Waals surface area (Å²) in [6.45, 7) is 18.6. The van der Waals surface area contributed by atoms with Crippen LogP contribution in [-0.2, 0) is 6.42 Å². The molecule has 116 valence electrons. The van der Waals surface area contributed by atoms with E-state index in [1.54, 1.807) is 0 Å². The molecule has 0 radical (unpaired) electrons. The van der Waals surface area contributed by atoms with Gasteiger partial charge in [-0.25, -0.2) is 0 Å². The van der Waals surface area contributed by atoms with Crippen molar-refractivity contribution in [1.82, 2.24) is 0 Å². The Bertz CT molecular complexity index is 174. The fourth-order valence-corrected chi connectivity index (χ4v) is 0.933. The molecule has 0 heteroatoms. The van der Waals surface area contributed by atoms with E-state index >= 15 is 0 Å². The molecular formula is C19H40. The lowest BCUT2D eigenvalue weighted by molar-refractivity contribution is 0.886. The van der Waals surface area contributed by atoms with Gasteiger partial charge in [0, 0.05) is 0 Å². The molecule has 0 fully saturated rings. The van der Waals surface area contributed by atoms with Gasteiger partial charge in [-0.05, 0) is 12.0 Å². The molecule has 0 spiro atoms. The Morgan fingerprint density at radius 2 is 0.947 bits per heavy atom. The van der Waals surface area contributed by atoms with Gasteiger partial charge in [0.1, 0.15) is 0 Å². The van der Waals surface area contributed by atoms with E-state index in [0.717, 1.165) is 0 Å². The zero-order valence-electron chi connectivity index (χ0n) is 15.2. The lowest BCUT2D eigenvalue weighted by Crippen LogP contribution is -1.78. The lowest BCUT2D eigenvalue weighted by Gasteiger charge is -1.93. The minimum Gasteiger partial charge on any atom is -0.0683 e. The first-order chi connectivity index (χ1) is 9.35. The van der Waals surface area contributed by atoms with E-state index in [0.29, 0.717) is 0 Å². The molecule has 0 aliphatic heterocycles. The molecule has 0 nitrogen and oxygen atoms in total. The summed E-state index contributed by atoms with van der Waals surface area (Å²) in [5.41, 5.74) is 1.44. The summed E-state index contributed by atoms with van der Waals surface area (Å²) in [7, 11) is 0. The van der Waals surface area contributed by atoms with Gasteiger partial charge in [0.15, 0.2) is 0 Å². The fourth-order valence-electron chi connectivity index (χ4n) is 0.933. The maximum Gasteiger partial charge on any atom is -0.0281 e. The van der Waals surface area contributed by atoms with E-state index < -0.39 is 0 Å². The third-order valence-corrected chi connectivity index (χ3v) is 1.88. The molecule has 0 aromatic heterocycles. The van der Waals surface area contributed by atoms with Crippen molar-refractivity contribution in [2.24, 2.45) is 0 Å². The van der Waals surface area contributed by atoms with Crippen molar-refractivity contribution in [1.29, 1.82) is 0 Å². The minimum absolute atomic E-state index is 1.21. The van der Waals surface area contributed by atoms with Crippen LogP contribution in [0.4, 0.5) is 0 Å². The van der Waals surface area contributed by atoms with Crippen LogP contribution in [-0.4, -0.2) is 0 Å². The van der Waals surface area contributed by atoms with Crippen molar-refractivity contribution in [2.75, 3.05) is 0 Å². The predicted molar refractivity (Wildman–Crippen MR) is 95.1 cm³/mol. The Kier molecular flexibility index (Phi) is 50.6. The Morgan fingerprint density at radius 1 is 0.579 bits per heavy atom. The van der Waals surface area contributed by atoms with Gasteiger partial charge in [-0.1, -0.05) is 112 Å². The van der Waals surface area contributed by atoms with E-state index in [1.807, 2.05) is 41.5 Å². The third kappa shape index (κ3) is 31.7. The van der Waals surface area contributed by atoms with Crippen molar-refractivity contribution in [2.45, 2.75) is 88.0 Å². The number of benzene rings is 1. The quantitative estimate of drug-likeness (QED) is 0.531. The second-order valence-corrected chi connectivity index (χ2v) is 3.24. The van der Waals surface area contributed by atoms with Crippen molar-refractivity contribution in [3.8, 4) is 0 Å². The Labute approximate surface area is 124 Å². The van der Waals surface area contributed by atoms with Crippen LogP contribution in [0.15, 0.2) is 30.3 Å². The summed E-state index contributed by atoms with van der Waals surface area (Å²) in [4.78, 5) is 0. The standard InChI is InChI=1S/C9H12.C4H10.3C2H6/c1-2-6-9-7-4-3-5-8-9;1-3-4-2;3*1-2/h3-5,7-8H,2,6H2,1H3;3-4H2,1-2H3;3*1-2H3. The van der Waals surface area contributed by atoms with E-state index in [9.17, 15) is 0 Å². The highest BCUT2D eigenvalue weighted by molar-refractivity contribution is 5.14. The molecule has 0 saturated carbocycles. The molecule has 1 aromatic carbocycles. The van der Waals surface area contributed by atoms with Gasteiger partial charge in [0.05, 0.1) is 0 Å². The summed E-state index contributed by atoms with van der Waals surface area (Å²) in [5, 5.41) is 0. The molecular weight excluding hydrogens is 228 g/mol. The van der Waals surface area contributed by atoms with Crippen molar-refractivity contribution in [3.05, 3.63) is 35.9 Å². The van der Waals surface area contributed by atoms with E-state index in [-0.39, 0.29) is 0 Å². The maximum atomic E-state index is 2.20. The summed E-state index contributed by atoms with van der Waals surface area (Å²) in [6, 6.07) is 10.6. The summed E-state index contributed by atoms with van der Waals surface area (Å²) in [6.07, 6.45) is 5.09. The van der Waals surface area contributed by atoms with Crippen LogP contribution in [0.25, 0.3) is 0 Å². The molecule has 1 aromatic rings. The zero-order chi connectivity index (χ0) is 15.9. The molecule has 0 heterocycles. The second-order valence-electron chi connectivity index (χ2n) is 3.24. The van der Waals surface area contributed by atoms with Crippen LogP contribution >= 0.6 is 0 Å². The molecule has 0 saturated heterocycles. The summed E-state index contributed by atoms with van der Waals surface area (Å²) >= 11 is 0. The van der Waals surface area contributed by atoms with Gasteiger partial charge < -0.3 is 0 Å². The number of unbranched alkanes of at least 4 members (excludes halogenated alkanes) is 1. The topological polar surface area (TPSA) is 0 Å². The van der Waals surface area contributed by atoms with Gasteiger partial charge in [-0.15, -0.1) is 0 Å². The van der Waals surface area contributed by atoms with Crippen LogP contribution in [0, 0.1) is 0 Å². The Morgan fingerprint density at radius 3 is 1.21 bits per heavy atom. The van der Waals surface area contributed by atoms with E-state index in [1.165, 1.54) is 31.2 Å². The van der Waals surface area contributed by atoms with Crippen LogP contribution in [0.5, 0.6) is 0 Å². The van der Waals surface area contributed by atoms with Crippen molar-refractivity contribution >= 4 is 0 Å². The van der Waals surface area contributed by atoms with Crippen molar-refractivity contribution < 1.29 is 0 Å². The predicted octanol–water partition coefficient (Wildman–Crippen LogP) is 7.52. The van der Waals surface area contributed by atoms with Crippen LogP contribution in [0.1, 0.15) is 87.1 Å². The second kappa shape index (κ2) is 36.0. The fraction of sp³-hybridized carbons (Fsp3) is 0.684. The normalized spacial score (nSPS) is 7.00. The molecule has 0 bridgehead atoms. The molecule has 0 atom stereocenters. The van der Waals surface area contributed by atoms with Gasteiger partial charge in [-0.3, -0.25) is 0 Å². The number of aryl methyl sites for hydroxylation is 1. The largest absolute Gasteiger partial charge is 0.0683 e. The highest BCUT2D eigenvalue weighted by atomic mass is 13.9. The molecule has 0 N–H and O–H groups in total. The first-order valence-corrected chi connectivity index (χ1v) is 8.39. The van der Waals surface area contributed by atoms with Crippen LogP contribution in [0.2, 0.25) is 0 Å². The maximum absolute atomic E-state index is 2.20. The smallest absolute Gasteiger partial charge is 0.0281 e. The average molecular weight is 269 g/mol. The van der Waals surface area contributed by atoms with Crippen molar-refractivity contribution in [3.63, 3.8) is 0 Å². The molecule has 0 aliphatic rings. The monoisotopic (exact) mass is 268 g/mol. The van der Waals surface area contributed by atoms with Gasteiger partial charge in [0.25, 0.3) is 0 Å². The molecule has 0 unspecified atom stereocenters. The van der Waals surface area contributed by atoms with E-state index in [2.05, 4.69) is 51.1 Å². The highest BCUT2D eigenvalue weighted by Crippen LogP contribution is 2.00. The number of hydrogen-bond donors (Lipinski definition) is 0. The average Bonchev–Trinajstić information content (AvgIpc) is 2.55. The first kappa shape index (κ1) is 26.7. The van der Waals surface area contributed by atoms with Crippen LogP contribution < -0.4 is 0 Å². The summed E-state index contributed by atoms with van der Waals surface area (Å²) < 4.78 is 0. The van der Waals surface area contributed by atoms with Crippen LogP contribution in [0.3, 0.4) is 0 Å². The Hall–Kier alpha value is -0.780. The number of rotatable bonds is 3. The first-order valence-electron chi connectivity index (χ1n) is 8.39. The van der Waals surface area contributed by atoms with Gasteiger partial charge >= 0.3 is 0 Å². The van der Waals surface area contributed by atoms with E-state index in [4.69, 9.17) is 0 Å². The van der Waals surface area contributed by atoms with Gasteiger partial charge in [0.2, 0.25) is 0 Å². The molecule has 0 amide bonds. The zero-order valence-corrected chi connectivity index (χ0v) is 15.2. The minimum atomic E-state index is 1.21.